The number of ether oxygens (including phenoxy) is 1. The van der Waals surface area contributed by atoms with Gasteiger partial charge in [0, 0.05) is 16.9 Å². The van der Waals surface area contributed by atoms with Crippen molar-refractivity contribution in [2.45, 2.75) is 25.4 Å². The Morgan fingerprint density at radius 1 is 1.33 bits per heavy atom. The average Bonchev–Trinajstić information content (AvgIpc) is 2.64. The summed E-state index contributed by atoms with van der Waals surface area (Å²) in [6, 6.07) is 6.43. The van der Waals surface area contributed by atoms with Crippen LogP contribution in [0, 0.1) is 6.92 Å². The normalized spacial score (nSPS) is 10.3. The van der Waals surface area contributed by atoms with Gasteiger partial charge >= 0.3 is 5.97 Å². The molecule has 0 aliphatic heterocycles. The first-order valence-electron chi connectivity index (χ1n) is 8.35. The fourth-order valence-electron chi connectivity index (χ4n) is 2.27. The second kappa shape index (κ2) is 9.72. The quantitative estimate of drug-likeness (QED) is 0.313. The van der Waals surface area contributed by atoms with Gasteiger partial charge in [-0.05, 0) is 44.5 Å². The van der Waals surface area contributed by atoms with Gasteiger partial charge in [-0.1, -0.05) is 17.8 Å². The number of rotatable bonds is 8. The summed E-state index contributed by atoms with van der Waals surface area (Å²) in [6.45, 7) is 7.41. The molecule has 0 atom stereocenters. The molecule has 0 aliphatic carbocycles. The van der Waals surface area contributed by atoms with Crippen molar-refractivity contribution >= 4 is 29.3 Å². The zero-order chi connectivity index (χ0) is 19.8. The van der Waals surface area contributed by atoms with E-state index in [0.29, 0.717) is 40.7 Å². The van der Waals surface area contributed by atoms with E-state index < -0.39 is 5.97 Å². The molecule has 8 heteroatoms. The molecule has 0 saturated carbocycles. The van der Waals surface area contributed by atoms with Crippen molar-refractivity contribution in [3.8, 4) is 0 Å². The smallest absolute Gasteiger partial charge is 0.338 e. The number of aryl methyl sites for hydroxylation is 1. The SMILES string of the molecule is C=CCc1c(C)nc(SCC(=O)Nc2ccc(C(=O)OCC)cc2)[nH]c1=O. The molecule has 0 aliphatic rings. The van der Waals surface area contributed by atoms with E-state index in [9.17, 15) is 14.4 Å². The van der Waals surface area contributed by atoms with E-state index in [-0.39, 0.29) is 17.2 Å². The lowest BCUT2D eigenvalue weighted by Gasteiger charge is -2.07. The van der Waals surface area contributed by atoms with Crippen LogP contribution in [0.25, 0.3) is 0 Å². The molecule has 142 valence electrons. The third kappa shape index (κ3) is 5.82. The van der Waals surface area contributed by atoms with Gasteiger partial charge in [0.1, 0.15) is 0 Å². The second-order valence-corrected chi connectivity index (χ2v) is 6.53. The molecule has 0 bridgehead atoms. The molecular weight excluding hydrogens is 366 g/mol. The molecule has 1 aromatic carbocycles. The Balaban J connectivity index is 1.94. The van der Waals surface area contributed by atoms with Gasteiger partial charge in [-0.15, -0.1) is 6.58 Å². The van der Waals surface area contributed by atoms with Gasteiger partial charge in [0.25, 0.3) is 5.56 Å². The molecule has 2 rings (SSSR count). The molecular formula is C19H21N3O4S. The zero-order valence-corrected chi connectivity index (χ0v) is 16.0. The lowest BCUT2D eigenvalue weighted by atomic mass is 10.2. The van der Waals surface area contributed by atoms with Crippen molar-refractivity contribution in [2.75, 3.05) is 17.7 Å². The topological polar surface area (TPSA) is 101 Å². The highest BCUT2D eigenvalue weighted by Gasteiger charge is 2.10. The van der Waals surface area contributed by atoms with Gasteiger partial charge in [0.2, 0.25) is 5.91 Å². The highest BCUT2D eigenvalue weighted by Crippen LogP contribution is 2.15. The van der Waals surface area contributed by atoms with Crippen LogP contribution in [0.2, 0.25) is 0 Å². The number of carbonyl (C=O) groups is 2. The summed E-state index contributed by atoms with van der Waals surface area (Å²) in [6.07, 6.45) is 2.09. The number of aromatic amines is 1. The van der Waals surface area contributed by atoms with Gasteiger partial charge in [-0.25, -0.2) is 9.78 Å². The van der Waals surface area contributed by atoms with Gasteiger partial charge < -0.3 is 15.0 Å². The summed E-state index contributed by atoms with van der Waals surface area (Å²) in [5.41, 5.74) is 1.95. The minimum atomic E-state index is -0.406. The van der Waals surface area contributed by atoms with Crippen molar-refractivity contribution in [3.05, 3.63) is 64.1 Å². The van der Waals surface area contributed by atoms with Crippen LogP contribution >= 0.6 is 11.8 Å². The van der Waals surface area contributed by atoms with Gasteiger partial charge in [-0.3, -0.25) is 9.59 Å². The predicted molar refractivity (Wildman–Crippen MR) is 105 cm³/mol. The Morgan fingerprint density at radius 3 is 2.63 bits per heavy atom. The molecule has 0 unspecified atom stereocenters. The number of allylic oxidation sites excluding steroid dienone is 1. The van der Waals surface area contributed by atoms with Crippen molar-refractivity contribution in [1.29, 1.82) is 0 Å². The van der Waals surface area contributed by atoms with Crippen LogP contribution < -0.4 is 10.9 Å². The van der Waals surface area contributed by atoms with E-state index in [4.69, 9.17) is 4.74 Å². The first-order chi connectivity index (χ1) is 12.9. The maximum Gasteiger partial charge on any atom is 0.338 e. The third-order valence-electron chi connectivity index (χ3n) is 3.57. The van der Waals surface area contributed by atoms with E-state index in [1.165, 1.54) is 0 Å². The Morgan fingerprint density at radius 2 is 2.04 bits per heavy atom. The number of H-pyrrole nitrogens is 1. The van der Waals surface area contributed by atoms with Gasteiger partial charge in [0.05, 0.1) is 17.9 Å². The Hall–Kier alpha value is -2.87. The summed E-state index contributed by atoms with van der Waals surface area (Å²) in [5, 5.41) is 3.11. The highest BCUT2D eigenvalue weighted by atomic mass is 32.2. The van der Waals surface area contributed by atoms with Crippen LogP contribution in [0.15, 0.2) is 46.9 Å². The van der Waals surface area contributed by atoms with E-state index in [2.05, 4.69) is 21.9 Å². The van der Waals surface area contributed by atoms with E-state index in [1.54, 1.807) is 44.2 Å². The number of amides is 1. The van der Waals surface area contributed by atoms with Crippen molar-refractivity contribution in [3.63, 3.8) is 0 Å². The average molecular weight is 387 g/mol. The summed E-state index contributed by atoms with van der Waals surface area (Å²) in [4.78, 5) is 42.7. The van der Waals surface area contributed by atoms with E-state index >= 15 is 0 Å². The number of aromatic nitrogens is 2. The number of anilines is 1. The van der Waals surface area contributed by atoms with Crippen LogP contribution in [-0.4, -0.2) is 34.2 Å². The Labute approximate surface area is 161 Å². The maximum absolute atomic E-state index is 12.1. The lowest BCUT2D eigenvalue weighted by molar-refractivity contribution is -0.113. The van der Waals surface area contributed by atoms with Crippen molar-refractivity contribution < 1.29 is 14.3 Å². The molecule has 1 heterocycles. The summed E-state index contributed by atoms with van der Waals surface area (Å²) < 4.78 is 4.91. The molecule has 2 N–H and O–H groups in total. The number of thioether (sulfide) groups is 1. The summed E-state index contributed by atoms with van der Waals surface area (Å²) in [5.74, 6) is -0.571. The molecule has 0 fully saturated rings. The molecule has 7 nitrogen and oxygen atoms in total. The van der Waals surface area contributed by atoms with Crippen molar-refractivity contribution in [1.82, 2.24) is 9.97 Å². The molecule has 0 radical (unpaired) electrons. The number of hydrogen-bond acceptors (Lipinski definition) is 6. The molecule has 1 amide bonds. The first-order valence-corrected chi connectivity index (χ1v) is 9.33. The lowest BCUT2D eigenvalue weighted by Crippen LogP contribution is -2.18. The highest BCUT2D eigenvalue weighted by molar-refractivity contribution is 7.99. The molecule has 0 saturated heterocycles. The molecule has 0 spiro atoms. The minimum absolute atomic E-state index is 0.0861. The van der Waals surface area contributed by atoms with Crippen LogP contribution in [0.5, 0.6) is 0 Å². The standard InChI is InChI=1S/C19H21N3O4S/c1-4-6-15-12(3)20-19(22-17(15)24)27-11-16(23)21-14-9-7-13(8-10-14)18(25)26-5-2/h4,7-10H,1,5-6,11H2,2-3H3,(H,21,23)(H,20,22,24). The number of benzene rings is 1. The maximum atomic E-state index is 12.1. The first kappa shape index (κ1) is 20.4. The number of nitrogens with one attached hydrogen (secondary N) is 2. The number of hydrogen-bond donors (Lipinski definition) is 2. The van der Waals surface area contributed by atoms with Crippen LogP contribution in [0.3, 0.4) is 0 Å². The number of nitrogens with zero attached hydrogens (tertiary/aromatic N) is 1. The third-order valence-corrected chi connectivity index (χ3v) is 4.44. The zero-order valence-electron chi connectivity index (χ0n) is 15.2. The van der Waals surface area contributed by atoms with E-state index in [1.807, 2.05) is 0 Å². The fourth-order valence-corrected chi connectivity index (χ4v) is 2.98. The number of esters is 1. The Kier molecular flexibility index (Phi) is 7.36. The molecule has 27 heavy (non-hydrogen) atoms. The number of carbonyl (C=O) groups excluding carboxylic acids is 2. The van der Waals surface area contributed by atoms with Crippen LogP contribution in [0.1, 0.15) is 28.5 Å². The minimum Gasteiger partial charge on any atom is -0.462 e. The molecule has 1 aromatic heterocycles. The van der Waals surface area contributed by atoms with Crippen LogP contribution in [0.4, 0.5) is 5.69 Å². The van der Waals surface area contributed by atoms with Crippen LogP contribution in [-0.2, 0) is 16.0 Å². The summed E-state index contributed by atoms with van der Waals surface area (Å²) in [7, 11) is 0. The molecule has 2 aromatic rings. The van der Waals surface area contributed by atoms with Crippen molar-refractivity contribution in [2.24, 2.45) is 0 Å². The van der Waals surface area contributed by atoms with Gasteiger partial charge in [0.15, 0.2) is 5.16 Å². The fraction of sp³-hybridized carbons (Fsp3) is 0.263. The second-order valence-electron chi connectivity index (χ2n) is 5.56. The Bertz CT molecular complexity index is 891. The largest absolute Gasteiger partial charge is 0.462 e. The monoisotopic (exact) mass is 387 g/mol. The predicted octanol–water partition coefficient (Wildman–Crippen LogP) is 2.71. The summed E-state index contributed by atoms with van der Waals surface area (Å²) >= 11 is 1.14. The van der Waals surface area contributed by atoms with E-state index in [0.717, 1.165) is 11.8 Å². The van der Waals surface area contributed by atoms with Gasteiger partial charge in [-0.2, -0.15) is 0 Å².